The van der Waals surface area contributed by atoms with E-state index in [0.29, 0.717) is 17.7 Å². The molecule has 16 heavy (non-hydrogen) atoms. The molecule has 1 fully saturated rings. The summed E-state index contributed by atoms with van der Waals surface area (Å²) in [5, 5.41) is 0. The lowest BCUT2D eigenvalue weighted by Crippen LogP contribution is -2.34. The number of imide groups is 1. The van der Waals surface area contributed by atoms with Crippen LogP contribution in [-0.2, 0) is 0 Å². The van der Waals surface area contributed by atoms with Crippen molar-refractivity contribution in [2.75, 3.05) is 26.2 Å². The van der Waals surface area contributed by atoms with Gasteiger partial charge in [0.1, 0.15) is 0 Å². The number of hydrogen-bond donors (Lipinski definition) is 0. The molecule has 2 heterocycles. The summed E-state index contributed by atoms with van der Waals surface area (Å²) in [5.74, 6) is -0.301. The molecule has 0 spiro atoms. The Morgan fingerprint density at radius 2 is 1.50 bits per heavy atom. The van der Waals surface area contributed by atoms with Gasteiger partial charge in [-0.15, -0.1) is 0 Å². The third-order valence-corrected chi connectivity index (χ3v) is 3.06. The van der Waals surface area contributed by atoms with E-state index in [9.17, 15) is 9.59 Å². The van der Waals surface area contributed by atoms with Crippen LogP contribution in [0.1, 0.15) is 20.7 Å². The molecule has 1 saturated heterocycles. The van der Waals surface area contributed by atoms with Crippen LogP contribution in [0, 0.1) is 0 Å². The van der Waals surface area contributed by atoms with Gasteiger partial charge in [-0.1, -0.05) is 12.1 Å². The highest BCUT2D eigenvalue weighted by molar-refractivity contribution is 6.21. The number of rotatable bonds is 3. The molecule has 0 N–H and O–H groups in total. The molecule has 1 aromatic carbocycles. The fourth-order valence-corrected chi connectivity index (χ4v) is 1.98. The van der Waals surface area contributed by atoms with Crippen LogP contribution in [0.15, 0.2) is 24.3 Å². The lowest BCUT2D eigenvalue weighted by molar-refractivity contribution is 0.0650. The van der Waals surface area contributed by atoms with Gasteiger partial charge in [-0.3, -0.25) is 19.4 Å². The normalized spacial score (nSPS) is 19.1. The Labute approximate surface area is 93.5 Å². The Morgan fingerprint density at radius 3 is 2.00 bits per heavy atom. The average Bonchev–Trinajstić information content (AvgIpc) is 3.09. The molecule has 2 aliphatic heterocycles. The quantitative estimate of drug-likeness (QED) is 0.548. The second kappa shape index (κ2) is 3.42. The Kier molecular flexibility index (Phi) is 2.04. The molecular weight excluding hydrogens is 204 g/mol. The number of benzene rings is 1. The Morgan fingerprint density at radius 1 is 0.938 bits per heavy atom. The third kappa shape index (κ3) is 1.42. The lowest BCUT2D eigenvalue weighted by atomic mass is 10.1. The Hall–Kier alpha value is -1.68. The first-order valence-corrected chi connectivity index (χ1v) is 5.45. The smallest absolute Gasteiger partial charge is 0.261 e. The van der Waals surface area contributed by atoms with E-state index in [2.05, 4.69) is 4.90 Å². The van der Waals surface area contributed by atoms with E-state index in [1.54, 1.807) is 24.3 Å². The van der Waals surface area contributed by atoms with E-state index in [1.807, 2.05) is 0 Å². The van der Waals surface area contributed by atoms with Crippen molar-refractivity contribution >= 4 is 11.8 Å². The summed E-state index contributed by atoms with van der Waals surface area (Å²) in [6, 6.07) is 7.01. The molecule has 0 saturated carbocycles. The van der Waals surface area contributed by atoms with Crippen molar-refractivity contribution in [3.8, 4) is 0 Å². The first kappa shape index (κ1) is 9.54. The maximum Gasteiger partial charge on any atom is 0.261 e. The first-order chi connectivity index (χ1) is 7.77. The summed E-state index contributed by atoms with van der Waals surface area (Å²) < 4.78 is 0. The van der Waals surface area contributed by atoms with E-state index in [4.69, 9.17) is 0 Å². The molecule has 4 nitrogen and oxygen atoms in total. The van der Waals surface area contributed by atoms with Crippen molar-refractivity contribution in [1.29, 1.82) is 0 Å². The number of fused-ring (bicyclic) bond motifs is 1. The van der Waals surface area contributed by atoms with Crippen LogP contribution in [0.5, 0.6) is 0 Å². The van der Waals surface area contributed by atoms with Crippen molar-refractivity contribution < 1.29 is 9.59 Å². The highest BCUT2D eigenvalue weighted by Gasteiger charge is 2.35. The molecule has 0 bridgehead atoms. The third-order valence-electron chi connectivity index (χ3n) is 3.06. The summed E-state index contributed by atoms with van der Waals surface area (Å²) in [6.45, 7) is 3.48. The number of hydrogen-bond acceptors (Lipinski definition) is 3. The van der Waals surface area contributed by atoms with Gasteiger partial charge < -0.3 is 0 Å². The zero-order chi connectivity index (χ0) is 11.1. The minimum Gasteiger partial charge on any atom is -0.299 e. The van der Waals surface area contributed by atoms with E-state index in [0.717, 1.165) is 19.6 Å². The molecular formula is C12H12N2O2. The van der Waals surface area contributed by atoms with Crippen molar-refractivity contribution in [2.24, 2.45) is 0 Å². The van der Waals surface area contributed by atoms with Crippen LogP contribution in [0.4, 0.5) is 0 Å². The maximum atomic E-state index is 11.9. The van der Waals surface area contributed by atoms with Gasteiger partial charge in [0.15, 0.2) is 0 Å². The van der Waals surface area contributed by atoms with Gasteiger partial charge in [-0.05, 0) is 12.1 Å². The summed E-state index contributed by atoms with van der Waals surface area (Å²) in [7, 11) is 0. The monoisotopic (exact) mass is 216 g/mol. The largest absolute Gasteiger partial charge is 0.299 e. The Bertz CT molecular complexity index is 431. The minimum absolute atomic E-state index is 0.151. The SMILES string of the molecule is O=C1c2ccccc2C(=O)N1CCN1CC1. The zero-order valence-electron chi connectivity index (χ0n) is 8.85. The highest BCUT2D eigenvalue weighted by Crippen LogP contribution is 2.22. The van der Waals surface area contributed by atoms with Gasteiger partial charge in [0.2, 0.25) is 0 Å². The van der Waals surface area contributed by atoms with Crippen molar-refractivity contribution in [3.05, 3.63) is 35.4 Å². The first-order valence-electron chi connectivity index (χ1n) is 5.45. The fraction of sp³-hybridized carbons (Fsp3) is 0.333. The summed E-state index contributed by atoms with van der Waals surface area (Å²) >= 11 is 0. The number of nitrogens with zero attached hydrogens (tertiary/aromatic N) is 2. The maximum absolute atomic E-state index is 11.9. The van der Waals surface area contributed by atoms with E-state index in [-0.39, 0.29) is 11.8 Å². The van der Waals surface area contributed by atoms with Crippen LogP contribution in [0.3, 0.4) is 0 Å². The van der Waals surface area contributed by atoms with Crippen LogP contribution < -0.4 is 0 Å². The molecule has 2 amide bonds. The van der Waals surface area contributed by atoms with Crippen molar-refractivity contribution in [1.82, 2.24) is 9.80 Å². The van der Waals surface area contributed by atoms with Crippen molar-refractivity contribution in [2.45, 2.75) is 0 Å². The van der Waals surface area contributed by atoms with Gasteiger partial charge in [0.05, 0.1) is 11.1 Å². The lowest BCUT2D eigenvalue weighted by Gasteiger charge is -2.13. The predicted molar refractivity (Wildman–Crippen MR) is 58.2 cm³/mol. The minimum atomic E-state index is -0.151. The van der Waals surface area contributed by atoms with Crippen LogP contribution in [0.2, 0.25) is 0 Å². The van der Waals surface area contributed by atoms with Gasteiger partial charge in [-0.25, -0.2) is 0 Å². The van der Waals surface area contributed by atoms with Gasteiger partial charge in [-0.2, -0.15) is 0 Å². The van der Waals surface area contributed by atoms with Crippen molar-refractivity contribution in [3.63, 3.8) is 0 Å². The molecule has 0 unspecified atom stereocenters. The molecule has 3 rings (SSSR count). The molecule has 2 aliphatic rings. The number of amides is 2. The Balaban J connectivity index is 1.82. The van der Waals surface area contributed by atoms with E-state index in [1.165, 1.54) is 4.90 Å². The molecule has 0 aromatic heterocycles. The highest BCUT2D eigenvalue weighted by atomic mass is 16.2. The van der Waals surface area contributed by atoms with Gasteiger partial charge in [0.25, 0.3) is 11.8 Å². The topological polar surface area (TPSA) is 40.4 Å². The second-order valence-electron chi connectivity index (χ2n) is 4.15. The van der Waals surface area contributed by atoms with E-state index >= 15 is 0 Å². The molecule has 82 valence electrons. The molecule has 0 atom stereocenters. The van der Waals surface area contributed by atoms with Crippen LogP contribution in [-0.4, -0.2) is 47.8 Å². The summed E-state index contributed by atoms with van der Waals surface area (Å²) in [5.41, 5.74) is 1.08. The van der Waals surface area contributed by atoms with Gasteiger partial charge >= 0.3 is 0 Å². The van der Waals surface area contributed by atoms with Gasteiger partial charge in [0, 0.05) is 26.2 Å². The van der Waals surface area contributed by atoms with Crippen LogP contribution in [0.25, 0.3) is 0 Å². The summed E-state index contributed by atoms with van der Waals surface area (Å²) in [6.07, 6.45) is 0. The van der Waals surface area contributed by atoms with E-state index < -0.39 is 0 Å². The average molecular weight is 216 g/mol. The second-order valence-corrected chi connectivity index (χ2v) is 4.15. The predicted octanol–water partition coefficient (Wildman–Crippen LogP) is 0.598. The fourth-order valence-electron chi connectivity index (χ4n) is 1.98. The summed E-state index contributed by atoms with van der Waals surface area (Å²) in [4.78, 5) is 27.4. The standard InChI is InChI=1S/C12H12N2O2/c15-11-9-3-1-2-4-10(9)12(16)14(11)8-7-13-5-6-13/h1-4H,5-8H2. The molecule has 0 radical (unpaired) electrons. The molecule has 4 heteroatoms. The van der Waals surface area contributed by atoms with Crippen LogP contribution >= 0.6 is 0 Å². The molecule has 0 aliphatic carbocycles. The number of carbonyl (C=O) groups excluding carboxylic acids is 2. The number of carbonyl (C=O) groups is 2. The molecule has 1 aromatic rings. The zero-order valence-corrected chi connectivity index (χ0v) is 8.85.